The maximum absolute atomic E-state index is 12.9. The van der Waals surface area contributed by atoms with Gasteiger partial charge in [0.05, 0.1) is 25.5 Å². The van der Waals surface area contributed by atoms with Crippen LogP contribution in [0.5, 0.6) is 11.5 Å². The molecule has 1 aromatic carbocycles. The molecule has 0 N–H and O–H groups in total. The van der Waals surface area contributed by atoms with E-state index in [0.29, 0.717) is 22.7 Å². The second-order valence-corrected chi connectivity index (χ2v) is 6.03. The van der Waals surface area contributed by atoms with Gasteiger partial charge in [-0.1, -0.05) is 17.8 Å². The number of carbonyl (C=O) groups excluding carboxylic acids is 2. The zero-order chi connectivity index (χ0) is 19.4. The summed E-state index contributed by atoms with van der Waals surface area (Å²) in [7, 11) is 3.26. The summed E-state index contributed by atoms with van der Waals surface area (Å²) in [5, 5.41) is 3.60. The molecule has 142 valence electrons. The monoisotopic (exact) mass is 371 g/mol. The number of aromatic nitrogens is 1. The summed E-state index contributed by atoms with van der Waals surface area (Å²) in [5.41, 5.74) is 1.32. The molecule has 1 aliphatic rings. The lowest BCUT2D eigenvalue weighted by Crippen LogP contribution is -2.39. The molecule has 2 aromatic rings. The van der Waals surface area contributed by atoms with Crippen LogP contribution in [0.1, 0.15) is 22.5 Å². The Labute approximate surface area is 156 Å². The van der Waals surface area contributed by atoms with Crippen molar-refractivity contribution in [3.8, 4) is 11.5 Å². The third-order valence-electron chi connectivity index (χ3n) is 4.32. The molecule has 1 aromatic heterocycles. The summed E-state index contributed by atoms with van der Waals surface area (Å²) in [6, 6.07) is 5.02. The van der Waals surface area contributed by atoms with Crippen LogP contribution < -0.4 is 14.4 Å². The average Bonchev–Trinajstić information content (AvgIpc) is 3.20. The number of amides is 2. The second-order valence-electron chi connectivity index (χ2n) is 6.03. The van der Waals surface area contributed by atoms with Gasteiger partial charge in [-0.15, -0.1) is 0 Å². The quantitative estimate of drug-likeness (QED) is 0.750. The first-order valence-corrected chi connectivity index (χ1v) is 8.47. The fourth-order valence-electron chi connectivity index (χ4n) is 2.98. The predicted octanol–water partition coefficient (Wildman–Crippen LogP) is 2.26. The van der Waals surface area contributed by atoms with E-state index in [2.05, 4.69) is 11.7 Å². The van der Waals surface area contributed by atoms with E-state index in [1.54, 1.807) is 30.2 Å². The van der Waals surface area contributed by atoms with Crippen LogP contribution in [0.25, 0.3) is 0 Å². The van der Waals surface area contributed by atoms with E-state index < -0.39 is 0 Å². The second kappa shape index (κ2) is 7.94. The summed E-state index contributed by atoms with van der Waals surface area (Å²) in [4.78, 5) is 28.4. The Morgan fingerprint density at radius 3 is 2.89 bits per heavy atom. The van der Waals surface area contributed by atoms with E-state index in [1.807, 2.05) is 0 Å². The van der Waals surface area contributed by atoms with Gasteiger partial charge in [0.1, 0.15) is 6.61 Å². The van der Waals surface area contributed by atoms with Crippen LogP contribution in [0.3, 0.4) is 0 Å². The molecule has 0 saturated heterocycles. The average molecular weight is 371 g/mol. The molecule has 0 unspecified atom stereocenters. The van der Waals surface area contributed by atoms with E-state index in [9.17, 15) is 9.59 Å². The highest BCUT2D eigenvalue weighted by molar-refractivity contribution is 6.05. The maximum atomic E-state index is 12.9. The zero-order valence-corrected chi connectivity index (χ0v) is 15.3. The molecule has 0 spiro atoms. The van der Waals surface area contributed by atoms with Crippen LogP contribution in [-0.2, 0) is 11.3 Å². The Balaban J connectivity index is 2.14. The largest absolute Gasteiger partial charge is 0.493 e. The molecule has 1 aliphatic heterocycles. The van der Waals surface area contributed by atoms with Gasteiger partial charge >= 0.3 is 0 Å². The summed E-state index contributed by atoms with van der Waals surface area (Å²) in [6.07, 6.45) is 3.22. The molecule has 27 heavy (non-hydrogen) atoms. The third kappa shape index (κ3) is 3.64. The maximum Gasteiger partial charge on any atom is 0.296 e. The number of hydrogen-bond donors (Lipinski definition) is 0. The molecule has 0 atom stereocenters. The summed E-state index contributed by atoms with van der Waals surface area (Å²) in [6.45, 7) is 4.42. The number of nitrogens with zero attached hydrogens (tertiary/aromatic N) is 3. The fraction of sp³-hybridized carbons (Fsp3) is 0.316. The van der Waals surface area contributed by atoms with Crippen molar-refractivity contribution in [1.82, 2.24) is 10.1 Å². The van der Waals surface area contributed by atoms with Crippen LogP contribution in [0.2, 0.25) is 0 Å². The lowest BCUT2D eigenvalue weighted by Gasteiger charge is -2.31. The molecule has 2 amide bonds. The summed E-state index contributed by atoms with van der Waals surface area (Å²) < 4.78 is 16.3. The molecule has 0 radical (unpaired) electrons. The zero-order valence-electron chi connectivity index (χ0n) is 15.3. The van der Waals surface area contributed by atoms with Gasteiger partial charge in [-0.05, 0) is 12.1 Å². The first-order chi connectivity index (χ1) is 13.1. The van der Waals surface area contributed by atoms with Crippen LogP contribution in [0.15, 0.2) is 41.6 Å². The van der Waals surface area contributed by atoms with Gasteiger partial charge in [-0.25, -0.2) is 0 Å². The number of ether oxygens (including phenoxy) is 2. The number of methoxy groups -OCH3 is 1. The molecular formula is C19H21N3O5. The van der Waals surface area contributed by atoms with Gasteiger partial charge in [-0.3, -0.25) is 9.59 Å². The number of fused-ring (bicyclic) bond motifs is 1. The Morgan fingerprint density at radius 1 is 1.41 bits per heavy atom. The van der Waals surface area contributed by atoms with Crippen molar-refractivity contribution >= 4 is 17.5 Å². The van der Waals surface area contributed by atoms with Crippen molar-refractivity contribution in [2.24, 2.45) is 0 Å². The summed E-state index contributed by atoms with van der Waals surface area (Å²) in [5.74, 6) is 0.655. The highest BCUT2D eigenvalue weighted by Gasteiger charge is 2.30. The smallest absolute Gasteiger partial charge is 0.296 e. The lowest BCUT2D eigenvalue weighted by molar-refractivity contribution is -0.130. The Morgan fingerprint density at radius 2 is 2.22 bits per heavy atom. The van der Waals surface area contributed by atoms with Crippen LogP contribution in [0.4, 0.5) is 5.69 Å². The van der Waals surface area contributed by atoms with Gasteiger partial charge in [0, 0.05) is 31.6 Å². The summed E-state index contributed by atoms with van der Waals surface area (Å²) >= 11 is 0. The minimum atomic E-state index is -0.369. The van der Waals surface area contributed by atoms with Crippen molar-refractivity contribution in [2.45, 2.75) is 13.0 Å². The molecule has 8 heteroatoms. The molecule has 2 heterocycles. The standard InChI is InChI=1S/C19H21N3O5/c1-4-11-26-18-13-12-21(2)17(23)8-10-22(14(13)5-6-15(18)25-3)19(24)16-7-9-20-27-16/h4-7,9H,1,8,10-12H2,2-3H3. The third-order valence-corrected chi connectivity index (χ3v) is 4.32. The van der Waals surface area contributed by atoms with Crippen molar-refractivity contribution < 1.29 is 23.6 Å². The van der Waals surface area contributed by atoms with Crippen LogP contribution in [-0.4, -0.2) is 49.2 Å². The number of carbonyl (C=O) groups is 2. The predicted molar refractivity (Wildman–Crippen MR) is 98.0 cm³/mol. The van der Waals surface area contributed by atoms with Crippen molar-refractivity contribution in [2.75, 3.05) is 32.2 Å². The normalized spacial score (nSPS) is 14.2. The van der Waals surface area contributed by atoms with E-state index >= 15 is 0 Å². The number of hydrogen-bond acceptors (Lipinski definition) is 6. The molecule has 0 saturated carbocycles. The van der Waals surface area contributed by atoms with Crippen LogP contribution >= 0.6 is 0 Å². The van der Waals surface area contributed by atoms with Crippen molar-refractivity contribution in [3.63, 3.8) is 0 Å². The Hall–Kier alpha value is -3.29. The van der Waals surface area contributed by atoms with Gasteiger partial charge < -0.3 is 23.8 Å². The minimum absolute atomic E-state index is 0.0755. The number of benzene rings is 1. The Bertz CT molecular complexity index is 847. The molecule has 0 fully saturated rings. The fourth-order valence-corrected chi connectivity index (χ4v) is 2.98. The lowest BCUT2D eigenvalue weighted by atomic mass is 10.1. The first-order valence-electron chi connectivity index (χ1n) is 8.47. The molecule has 0 bridgehead atoms. The highest BCUT2D eigenvalue weighted by atomic mass is 16.5. The van der Waals surface area contributed by atoms with E-state index in [0.717, 1.165) is 0 Å². The Kier molecular flexibility index (Phi) is 5.44. The van der Waals surface area contributed by atoms with Gasteiger partial charge in [0.15, 0.2) is 11.5 Å². The first kappa shape index (κ1) is 18.5. The molecule has 3 rings (SSSR count). The van der Waals surface area contributed by atoms with E-state index in [-0.39, 0.29) is 43.7 Å². The van der Waals surface area contributed by atoms with Gasteiger partial charge in [0.2, 0.25) is 11.7 Å². The highest BCUT2D eigenvalue weighted by Crippen LogP contribution is 2.40. The molecule has 8 nitrogen and oxygen atoms in total. The minimum Gasteiger partial charge on any atom is -0.493 e. The van der Waals surface area contributed by atoms with Crippen molar-refractivity contribution in [3.05, 3.63) is 48.4 Å². The van der Waals surface area contributed by atoms with Crippen molar-refractivity contribution in [1.29, 1.82) is 0 Å². The topological polar surface area (TPSA) is 85.1 Å². The van der Waals surface area contributed by atoms with E-state index in [4.69, 9.17) is 14.0 Å². The van der Waals surface area contributed by atoms with Gasteiger partial charge in [-0.2, -0.15) is 0 Å². The molecule has 0 aliphatic carbocycles. The van der Waals surface area contributed by atoms with E-state index in [1.165, 1.54) is 24.3 Å². The SMILES string of the molecule is C=CCOc1c(OC)ccc2c1CN(C)C(=O)CCN2C(=O)c1ccno1. The van der Waals surface area contributed by atoms with Gasteiger partial charge in [0.25, 0.3) is 5.91 Å². The number of rotatable bonds is 5. The van der Waals surface area contributed by atoms with Crippen LogP contribution in [0, 0.1) is 0 Å². The molecular weight excluding hydrogens is 350 g/mol. The number of anilines is 1.